The van der Waals surface area contributed by atoms with Gasteiger partial charge in [-0.05, 0) is 6.92 Å². The zero-order chi connectivity index (χ0) is 18.5. The number of aromatic amines is 1. The first-order chi connectivity index (χ1) is 13.1. The van der Waals surface area contributed by atoms with Crippen molar-refractivity contribution in [2.75, 3.05) is 13.2 Å². The van der Waals surface area contributed by atoms with Crippen LogP contribution in [0, 0.1) is 0 Å². The van der Waals surface area contributed by atoms with Crippen molar-refractivity contribution in [2.24, 2.45) is 7.05 Å². The van der Waals surface area contributed by atoms with Gasteiger partial charge in [-0.3, -0.25) is 14.6 Å². The van der Waals surface area contributed by atoms with E-state index in [-0.39, 0.29) is 11.9 Å². The normalized spacial score (nSPS) is 19.0. The molecule has 3 aromatic heterocycles. The molecule has 2 aliphatic heterocycles. The van der Waals surface area contributed by atoms with Gasteiger partial charge in [-0.15, -0.1) is 10.2 Å². The SMILES string of the molecule is C[C@H]1CN(C(=O)c2n[nH]c3c2COCC3)Cc2nnc(-c3cnn(C)c3)n21. The van der Waals surface area contributed by atoms with E-state index in [1.807, 2.05) is 13.2 Å². The summed E-state index contributed by atoms with van der Waals surface area (Å²) in [7, 11) is 1.87. The second kappa shape index (κ2) is 6.02. The highest BCUT2D eigenvalue weighted by molar-refractivity contribution is 5.94. The number of nitrogens with zero attached hydrogens (tertiary/aromatic N) is 7. The van der Waals surface area contributed by atoms with Crippen LogP contribution in [0.5, 0.6) is 0 Å². The van der Waals surface area contributed by atoms with Gasteiger partial charge in [0.2, 0.25) is 0 Å². The molecule has 27 heavy (non-hydrogen) atoms. The van der Waals surface area contributed by atoms with Crippen molar-refractivity contribution in [3.8, 4) is 11.4 Å². The van der Waals surface area contributed by atoms with Crippen molar-refractivity contribution in [2.45, 2.75) is 32.5 Å². The fourth-order valence-corrected chi connectivity index (χ4v) is 3.86. The molecule has 0 spiro atoms. The Morgan fingerprint density at radius 2 is 2.26 bits per heavy atom. The van der Waals surface area contributed by atoms with Gasteiger partial charge >= 0.3 is 0 Å². The largest absolute Gasteiger partial charge is 0.376 e. The van der Waals surface area contributed by atoms with E-state index in [0.717, 1.165) is 34.9 Å². The molecule has 1 atom stereocenters. The molecule has 5 rings (SSSR count). The third-order valence-electron chi connectivity index (χ3n) is 5.17. The molecule has 1 N–H and O–H groups in total. The summed E-state index contributed by atoms with van der Waals surface area (Å²) < 4.78 is 9.33. The second-order valence-electron chi connectivity index (χ2n) is 7.08. The Hall–Kier alpha value is -3.01. The predicted octanol–water partition coefficient (Wildman–Crippen LogP) is 0.691. The molecule has 0 unspecified atom stereocenters. The van der Waals surface area contributed by atoms with Crippen molar-refractivity contribution < 1.29 is 9.53 Å². The van der Waals surface area contributed by atoms with Crippen molar-refractivity contribution in [1.82, 2.24) is 39.6 Å². The first kappa shape index (κ1) is 16.2. The van der Waals surface area contributed by atoms with Gasteiger partial charge in [0, 0.05) is 37.5 Å². The van der Waals surface area contributed by atoms with E-state index < -0.39 is 0 Å². The lowest BCUT2D eigenvalue weighted by molar-refractivity contribution is 0.0664. The van der Waals surface area contributed by atoms with E-state index in [1.165, 1.54) is 0 Å². The Balaban J connectivity index is 1.44. The number of nitrogens with one attached hydrogen (secondary N) is 1. The number of amides is 1. The molecular formula is C17H20N8O2. The minimum Gasteiger partial charge on any atom is -0.376 e. The van der Waals surface area contributed by atoms with Gasteiger partial charge in [0.1, 0.15) is 0 Å². The zero-order valence-electron chi connectivity index (χ0n) is 15.2. The van der Waals surface area contributed by atoms with Gasteiger partial charge in [-0.1, -0.05) is 0 Å². The monoisotopic (exact) mass is 368 g/mol. The molecule has 0 saturated heterocycles. The average molecular weight is 368 g/mol. The smallest absolute Gasteiger partial charge is 0.275 e. The summed E-state index contributed by atoms with van der Waals surface area (Å²) in [6, 6.07) is 0.0499. The number of aryl methyl sites for hydroxylation is 1. The summed E-state index contributed by atoms with van der Waals surface area (Å²) in [6.07, 6.45) is 4.45. The number of hydrogen-bond donors (Lipinski definition) is 1. The number of fused-ring (bicyclic) bond motifs is 2. The summed E-state index contributed by atoms with van der Waals surface area (Å²) in [6.45, 7) is 4.12. The molecule has 140 valence electrons. The van der Waals surface area contributed by atoms with E-state index in [9.17, 15) is 4.79 Å². The molecule has 1 amide bonds. The molecule has 0 radical (unpaired) electrons. The predicted molar refractivity (Wildman–Crippen MR) is 93.6 cm³/mol. The number of carbonyl (C=O) groups is 1. The van der Waals surface area contributed by atoms with Crippen LogP contribution < -0.4 is 0 Å². The van der Waals surface area contributed by atoms with Crippen LogP contribution in [0.1, 0.15) is 40.5 Å². The summed E-state index contributed by atoms with van der Waals surface area (Å²) >= 11 is 0. The molecular weight excluding hydrogens is 348 g/mol. The lowest BCUT2D eigenvalue weighted by Gasteiger charge is -2.32. The van der Waals surface area contributed by atoms with E-state index in [4.69, 9.17) is 4.74 Å². The minimum absolute atomic E-state index is 0.0499. The number of H-pyrrole nitrogens is 1. The van der Waals surface area contributed by atoms with E-state index in [0.29, 0.717) is 32.0 Å². The molecule has 10 heteroatoms. The molecule has 3 aromatic rings. The highest BCUT2D eigenvalue weighted by Crippen LogP contribution is 2.28. The third kappa shape index (κ3) is 2.55. The molecule has 0 saturated carbocycles. The minimum atomic E-state index is -0.0953. The molecule has 0 aliphatic carbocycles. The van der Waals surface area contributed by atoms with Gasteiger partial charge < -0.3 is 14.2 Å². The highest BCUT2D eigenvalue weighted by Gasteiger charge is 2.33. The lowest BCUT2D eigenvalue weighted by Crippen LogP contribution is -2.41. The van der Waals surface area contributed by atoms with Crippen molar-refractivity contribution in [3.05, 3.63) is 35.2 Å². The van der Waals surface area contributed by atoms with Crippen LogP contribution in [0.3, 0.4) is 0 Å². The van der Waals surface area contributed by atoms with Crippen molar-refractivity contribution >= 4 is 5.91 Å². The Bertz CT molecular complexity index is 1020. The van der Waals surface area contributed by atoms with Crippen LogP contribution in [0.2, 0.25) is 0 Å². The first-order valence-electron chi connectivity index (χ1n) is 8.97. The van der Waals surface area contributed by atoms with Gasteiger partial charge in [0.05, 0.1) is 37.6 Å². The molecule has 2 aliphatic rings. The van der Waals surface area contributed by atoms with Crippen LogP contribution in [0.15, 0.2) is 12.4 Å². The molecule has 5 heterocycles. The van der Waals surface area contributed by atoms with Gasteiger partial charge in [-0.25, -0.2) is 0 Å². The van der Waals surface area contributed by atoms with Crippen LogP contribution in [-0.4, -0.2) is 58.7 Å². The van der Waals surface area contributed by atoms with E-state index >= 15 is 0 Å². The van der Waals surface area contributed by atoms with Gasteiger partial charge in [0.15, 0.2) is 17.3 Å². The fraction of sp³-hybridized carbons (Fsp3) is 0.471. The number of rotatable bonds is 2. The van der Waals surface area contributed by atoms with E-state index in [2.05, 4.69) is 37.0 Å². The Morgan fingerprint density at radius 1 is 1.37 bits per heavy atom. The molecule has 0 aromatic carbocycles. The van der Waals surface area contributed by atoms with Crippen LogP contribution >= 0.6 is 0 Å². The fourth-order valence-electron chi connectivity index (χ4n) is 3.86. The maximum atomic E-state index is 13.1. The first-order valence-corrected chi connectivity index (χ1v) is 8.97. The summed E-state index contributed by atoms with van der Waals surface area (Å²) in [4.78, 5) is 14.9. The summed E-state index contributed by atoms with van der Waals surface area (Å²) in [5.41, 5.74) is 3.25. The van der Waals surface area contributed by atoms with Gasteiger partial charge in [-0.2, -0.15) is 10.2 Å². The van der Waals surface area contributed by atoms with Crippen molar-refractivity contribution in [1.29, 1.82) is 0 Å². The van der Waals surface area contributed by atoms with Crippen LogP contribution in [-0.2, 0) is 31.4 Å². The third-order valence-corrected chi connectivity index (χ3v) is 5.17. The number of ether oxygens (including phenoxy) is 1. The molecule has 0 fully saturated rings. The van der Waals surface area contributed by atoms with Gasteiger partial charge in [0.25, 0.3) is 5.91 Å². The standard InChI is InChI=1S/C17H20N8O2/c1-10-6-24(17(26)15-12-9-27-4-3-13(12)19-21-15)8-14-20-22-16(25(10)14)11-5-18-23(2)7-11/h5,7,10H,3-4,6,8-9H2,1-2H3,(H,19,21)/t10-/m0/s1. The Labute approximate surface area is 155 Å². The molecule has 10 nitrogen and oxygen atoms in total. The Morgan fingerprint density at radius 3 is 3.07 bits per heavy atom. The lowest BCUT2D eigenvalue weighted by atomic mass is 10.1. The highest BCUT2D eigenvalue weighted by atomic mass is 16.5. The number of aromatic nitrogens is 7. The van der Waals surface area contributed by atoms with E-state index in [1.54, 1.807) is 15.8 Å². The summed E-state index contributed by atoms with van der Waals surface area (Å²) in [5, 5.41) is 20.1. The quantitative estimate of drug-likeness (QED) is 0.713. The second-order valence-corrected chi connectivity index (χ2v) is 7.08. The molecule has 0 bridgehead atoms. The number of carbonyl (C=O) groups excluding carboxylic acids is 1. The maximum absolute atomic E-state index is 13.1. The Kier molecular flexibility index (Phi) is 3.61. The summed E-state index contributed by atoms with van der Waals surface area (Å²) in [5.74, 6) is 1.45. The van der Waals surface area contributed by atoms with Crippen LogP contribution in [0.4, 0.5) is 0 Å². The average Bonchev–Trinajstić information content (AvgIpc) is 3.38. The van der Waals surface area contributed by atoms with Crippen LogP contribution in [0.25, 0.3) is 11.4 Å². The topological polar surface area (TPSA) is 107 Å². The van der Waals surface area contributed by atoms with Crippen molar-refractivity contribution in [3.63, 3.8) is 0 Å². The zero-order valence-corrected chi connectivity index (χ0v) is 15.2. The number of hydrogen-bond acceptors (Lipinski definition) is 6. The maximum Gasteiger partial charge on any atom is 0.275 e.